The van der Waals surface area contributed by atoms with E-state index >= 15 is 0 Å². The van der Waals surface area contributed by atoms with Crippen molar-refractivity contribution in [2.24, 2.45) is 0 Å². The Labute approximate surface area is 214 Å². The Balaban J connectivity index is 1.69. The average Bonchev–Trinajstić information content (AvgIpc) is 2.86. The Morgan fingerprint density at radius 1 is 1.19 bits per heavy atom. The van der Waals surface area contributed by atoms with E-state index in [9.17, 15) is 18.4 Å². The third-order valence-electron chi connectivity index (χ3n) is 5.98. The van der Waals surface area contributed by atoms with Crippen LogP contribution in [-0.2, 0) is 21.4 Å². The molecule has 1 amide bonds. The molecule has 2 heterocycles. The average molecular weight is 532 g/mol. The van der Waals surface area contributed by atoms with E-state index in [0.29, 0.717) is 18.2 Å². The number of amides is 1. The summed E-state index contributed by atoms with van der Waals surface area (Å²) in [6.45, 7) is 6.10. The number of pyridine rings is 1. The van der Waals surface area contributed by atoms with Crippen LogP contribution in [0.4, 0.5) is 0 Å². The molecule has 0 bridgehead atoms. The van der Waals surface area contributed by atoms with Crippen molar-refractivity contribution in [1.82, 2.24) is 14.8 Å². The first kappa shape index (κ1) is 26.2. The fraction of sp³-hybridized carbons (Fsp3) is 0.360. The van der Waals surface area contributed by atoms with Crippen molar-refractivity contribution in [3.05, 3.63) is 60.2 Å². The highest BCUT2D eigenvalue weighted by molar-refractivity contribution is 8.01. The minimum Gasteiger partial charge on any atom is -0.487 e. The van der Waals surface area contributed by atoms with Gasteiger partial charge in [0, 0.05) is 34.1 Å². The van der Waals surface area contributed by atoms with Crippen molar-refractivity contribution in [3.63, 3.8) is 0 Å². The number of hydrogen-bond donors (Lipinski definition) is 2. The molecule has 11 heteroatoms. The molecular weight excluding hydrogens is 502 g/mol. The number of nitrogens with one attached hydrogen (secondary N) is 1. The van der Waals surface area contributed by atoms with Crippen LogP contribution < -0.4 is 15.0 Å². The topological polar surface area (TPSA) is 118 Å². The largest absolute Gasteiger partial charge is 0.487 e. The maximum Gasteiger partial charge on any atom is 0.263 e. The first-order valence-corrected chi connectivity index (χ1v) is 13.9. The van der Waals surface area contributed by atoms with Crippen LogP contribution in [0.25, 0.3) is 10.9 Å². The van der Waals surface area contributed by atoms with Crippen LogP contribution >= 0.6 is 11.8 Å². The van der Waals surface area contributed by atoms with Gasteiger partial charge in [-0.25, -0.2) is 18.9 Å². The number of hydrogen-bond acceptors (Lipinski definition) is 8. The molecule has 0 radical (unpaired) electrons. The minimum atomic E-state index is -4.15. The van der Waals surface area contributed by atoms with E-state index in [-0.39, 0.29) is 23.8 Å². The second-order valence-electron chi connectivity index (χ2n) is 8.75. The van der Waals surface area contributed by atoms with Crippen molar-refractivity contribution in [2.75, 3.05) is 18.9 Å². The Morgan fingerprint density at radius 3 is 2.67 bits per heavy atom. The lowest BCUT2D eigenvalue weighted by Crippen LogP contribution is -2.61. The second-order valence-corrected chi connectivity index (χ2v) is 12.4. The van der Waals surface area contributed by atoms with Gasteiger partial charge in [0.1, 0.15) is 23.3 Å². The SMILES string of the molecule is CCOc1cc(COc2ccccc2S(=O)(=O)N2CCSC(C)(C)C2C(=O)NO)c2ccccc2n1. The van der Waals surface area contributed by atoms with Crippen molar-refractivity contribution in [3.8, 4) is 11.6 Å². The fourth-order valence-corrected chi connectivity index (χ4v) is 7.59. The summed E-state index contributed by atoms with van der Waals surface area (Å²) in [5, 5.41) is 10.2. The number of carbonyl (C=O) groups excluding carboxylic acids is 1. The molecule has 2 N–H and O–H groups in total. The van der Waals surface area contributed by atoms with Crippen molar-refractivity contribution in [1.29, 1.82) is 0 Å². The van der Waals surface area contributed by atoms with Crippen LogP contribution in [0.5, 0.6) is 11.6 Å². The van der Waals surface area contributed by atoms with Gasteiger partial charge < -0.3 is 9.47 Å². The number of hydroxylamine groups is 1. The van der Waals surface area contributed by atoms with E-state index < -0.39 is 26.7 Å². The predicted molar refractivity (Wildman–Crippen MR) is 138 cm³/mol. The first-order chi connectivity index (χ1) is 17.2. The van der Waals surface area contributed by atoms with Gasteiger partial charge in [-0.2, -0.15) is 16.1 Å². The van der Waals surface area contributed by atoms with Gasteiger partial charge in [0.25, 0.3) is 5.91 Å². The molecule has 9 nitrogen and oxygen atoms in total. The summed E-state index contributed by atoms with van der Waals surface area (Å²) in [4.78, 5) is 17.0. The molecule has 1 fully saturated rings. The summed E-state index contributed by atoms with van der Waals surface area (Å²) >= 11 is 1.48. The van der Waals surface area contributed by atoms with Crippen molar-refractivity contribution >= 4 is 38.6 Å². The van der Waals surface area contributed by atoms with E-state index in [1.54, 1.807) is 43.6 Å². The standard InChI is InChI=1S/C25H29N3O6S2/c1-4-33-22-15-17(18-9-5-6-10-19(18)26-22)16-34-20-11-7-8-12-21(20)36(31,32)28-13-14-35-25(2,3)23(28)24(29)27-30/h5-12,15,23,30H,4,13-14,16H2,1-3H3,(H,27,29). The number of para-hydroxylation sites is 2. The molecule has 1 aliphatic rings. The van der Waals surface area contributed by atoms with Gasteiger partial charge in [-0.1, -0.05) is 30.3 Å². The van der Waals surface area contributed by atoms with E-state index in [1.165, 1.54) is 17.8 Å². The fourth-order valence-electron chi connectivity index (χ4n) is 4.35. The zero-order valence-electron chi connectivity index (χ0n) is 20.3. The smallest absolute Gasteiger partial charge is 0.263 e. The Kier molecular flexibility index (Phi) is 7.74. The quantitative estimate of drug-likeness (QED) is 0.334. The molecule has 0 saturated carbocycles. The Hall–Kier alpha value is -2.86. The molecule has 1 saturated heterocycles. The molecule has 3 aromatic rings. The summed E-state index contributed by atoms with van der Waals surface area (Å²) in [6, 6.07) is 14.6. The number of nitrogens with zero attached hydrogens (tertiary/aromatic N) is 2. The highest BCUT2D eigenvalue weighted by Crippen LogP contribution is 2.40. The molecule has 2 aromatic carbocycles. The summed E-state index contributed by atoms with van der Waals surface area (Å²) < 4.78 is 39.7. The van der Waals surface area contributed by atoms with E-state index in [1.807, 2.05) is 31.2 Å². The van der Waals surface area contributed by atoms with Gasteiger partial charge >= 0.3 is 0 Å². The molecule has 4 rings (SSSR count). The van der Waals surface area contributed by atoms with Crippen molar-refractivity contribution < 1.29 is 27.9 Å². The third-order valence-corrected chi connectivity index (χ3v) is 9.24. The lowest BCUT2D eigenvalue weighted by atomic mass is 10.0. The molecule has 192 valence electrons. The first-order valence-electron chi connectivity index (χ1n) is 11.5. The summed E-state index contributed by atoms with van der Waals surface area (Å²) in [5.74, 6) is 0.353. The minimum absolute atomic E-state index is 0.0492. The second kappa shape index (κ2) is 10.6. The van der Waals surface area contributed by atoms with Crippen LogP contribution in [0.1, 0.15) is 26.3 Å². The van der Waals surface area contributed by atoms with Gasteiger partial charge in [0.15, 0.2) is 0 Å². The number of thioether (sulfide) groups is 1. The molecule has 1 unspecified atom stereocenters. The number of benzene rings is 2. The molecule has 1 aromatic heterocycles. The lowest BCUT2D eigenvalue weighted by molar-refractivity contribution is -0.134. The van der Waals surface area contributed by atoms with Gasteiger partial charge in [-0.15, -0.1) is 0 Å². The van der Waals surface area contributed by atoms with Crippen molar-refractivity contribution in [2.45, 2.75) is 43.1 Å². The highest BCUT2D eigenvalue weighted by atomic mass is 32.2. The van der Waals surface area contributed by atoms with Crippen LogP contribution in [0.2, 0.25) is 0 Å². The zero-order chi connectivity index (χ0) is 25.9. The third kappa shape index (κ3) is 5.15. The number of ether oxygens (including phenoxy) is 2. The predicted octanol–water partition coefficient (Wildman–Crippen LogP) is 3.60. The Bertz CT molecular complexity index is 1360. The van der Waals surface area contributed by atoms with Crippen LogP contribution in [0.15, 0.2) is 59.5 Å². The normalized spacial score (nSPS) is 18.1. The Morgan fingerprint density at radius 2 is 1.92 bits per heavy atom. The number of sulfonamides is 1. The highest BCUT2D eigenvalue weighted by Gasteiger charge is 2.48. The van der Waals surface area contributed by atoms with E-state index in [0.717, 1.165) is 20.8 Å². The number of fused-ring (bicyclic) bond motifs is 1. The zero-order valence-corrected chi connectivity index (χ0v) is 21.9. The number of carbonyl (C=O) groups is 1. The number of aromatic nitrogens is 1. The molecule has 1 aliphatic heterocycles. The molecule has 1 atom stereocenters. The molecule has 36 heavy (non-hydrogen) atoms. The number of rotatable bonds is 8. The van der Waals surface area contributed by atoms with Crippen LogP contribution in [0, 0.1) is 0 Å². The van der Waals surface area contributed by atoms with E-state index in [2.05, 4.69) is 4.98 Å². The summed E-state index contributed by atoms with van der Waals surface area (Å²) in [6.07, 6.45) is 0. The summed E-state index contributed by atoms with van der Waals surface area (Å²) in [5.41, 5.74) is 3.17. The maximum atomic E-state index is 13.8. The van der Waals surface area contributed by atoms with Gasteiger partial charge in [-0.3, -0.25) is 10.0 Å². The molecular formula is C25H29N3O6S2. The lowest BCUT2D eigenvalue weighted by Gasteiger charge is -2.43. The van der Waals surface area contributed by atoms with Gasteiger partial charge in [0.05, 0.1) is 12.1 Å². The molecule has 0 spiro atoms. The van der Waals surface area contributed by atoms with E-state index in [4.69, 9.17) is 9.47 Å². The maximum absolute atomic E-state index is 13.8. The monoisotopic (exact) mass is 531 g/mol. The van der Waals surface area contributed by atoms with Gasteiger partial charge in [0.2, 0.25) is 15.9 Å². The van der Waals surface area contributed by atoms with Gasteiger partial charge in [-0.05, 0) is 39.0 Å². The molecule has 0 aliphatic carbocycles. The van der Waals surface area contributed by atoms with Crippen LogP contribution in [-0.4, -0.2) is 58.5 Å². The summed E-state index contributed by atoms with van der Waals surface area (Å²) in [7, 11) is -4.15. The van der Waals surface area contributed by atoms with Crippen LogP contribution in [0.3, 0.4) is 0 Å².